The molecule has 0 N–H and O–H groups in total. The van der Waals surface area contributed by atoms with Gasteiger partial charge in [-0.1, -0.05) is 42.9 Å². The Kier molecular flexibility index (Phi) is 4.96. The predicted molar refractivity (Wildman–Crippen MR) is 64.4 cm³/mol. The van der Waals surface area contributed by atoms with Crippen LogP contribution in [-0.4, -0.2) is 12.6 Å². The Hall–Kier alpha value is -1.93. The highest BCUT2D eigenvalue weighted by molar-refractivity contribution is 5.34. The van der Waals surface area contributed by atoms with E-state index in [2.05, 4.69) is 16.6 Å². The molecule has 0 heterocycles. The summed E-state index contributed by atoms with van der Waals surface area (Å²) in [6.07, 6.45) is 2.38. The second-order valence-electron chi connectivity index (χ2n) is 3.47. The molecule has 0 fully saturated rings. The van der Waals surface area contributed by atoms with Crippen molar-refractivity contribution in [1.82, 2.24) is 0 Å². The minimum absolute atomic E-state index is 0.0709. The molecule has 1 aromatic carbocycles. The summed E-state index contributed by atoms with van der Waals surface area (Å²) in [7, 11) is 0. The van der Waals surface area contributed by atoms with Crippen LogP contribution in [0.3, 0.4) is 0 Å². The molecule has 4 nitrogen and oxygen atoms in total. The van der Waals surface area contributed by atoms with Gasteiger partial charge in [-0.2, -0.15) is 0 Å². The number of nitrogens with zero attached hydrogens (tertiary/aromatic N) is 3. The third kappa shape index (κ3) is 3.67. The molecule has 84 valence electrons. The topological polar surface area (TPSA) is 58.0 Å². The summed E-state index contributed by atoms with van der Waals surface area (Å²) in [5, 5.41) is 3.65. The summed E-state index contributed by atoms with van der Waals surface area (Å²) >= 11 is 0. The standard InChI is InChI=1S/C12H15N3O/c1-3-8-16-12-7-5-4-6-11(12)9-10(2)14-15-13/h3-7,10H,1,8-9H2,2H3. The zero-order chi connectivity index (χ0) is 11.8. The molecule has 1 aromatic rings. The zero-order valence-corrected chi connectivity index (χ0v) is 9.34. The molecule has 16 heavy (non-hydrogen) atoms. The number of azide groups is 1. The van der Waals surface area contributed by atoms with Gasteiger partial charge in [-0.25, -0.2) is 0 Å². The molecule has 0 aliphatic heterocycles. The first-order valence-corrected chi connectivity index (χ1v) is 5.13. The average molecular weight is 217 g/mol. The van der Waals surface area contributed by atoms with Crippen molar-refractivity contribution in [3.63, 3.8) is 0 Å². The fraction of sp³-hybridized carbons (Fsp3) is 0.333. The van der Waals surface area contributed by atoms with E-state index in [1.165, 1.54) is 0 Å². The molecule has 0 saturated heterocycles. The van der Waals surface area contributed by atoms with Crippen LogP contribution < -0.4 is 4.74 Å². The number of para-hydroxylation sites is 1. The van der Waals surface area contributed by atoms with E-state index in [0.29, 0.717) is 13.0 Å². The zero-order valence-electron chi connectivity index (χ0n) is 9.34. The van der Waals surface area contributed by atoms with Gasteiger partial charge in [-0.3, -0.25) is 0 Å². The van der Waals surface area contributed by atoms with Crippen LogP contribution in [0, 0.1) is 0 Å². The van der Waals surface area contributed by atoms with Gasteiger partial charge in [-0.15, -0.1) is 0 Å². The molecule has 0 aliphatic rings. The van der Waals surface area contributed by atoms with E-state index in [9.17, 15) is 0 Å². The predicted octanol–water partition coefficient (Wildman–Crippen LogP) is 3.49. The van der Waals surface area contributed by atoms with Crippen LogP contribution in [-0.2, 0) is 6.42 Å². The molecular weight excluding hydrogens is 202 g/mol. The number of benzene rings is 1. The lowest BCUT2D eigenvalue weighted by Gasteiger charge is -2.11. The van der Waals surface area contributed by atoms with Gasteiger partial charge >= 0.3 is 0 Å². The molecule has 0 radical (unpaired) electrons. The molecule has 1 unspecified atom stereocenters. The Balaban J connectivity index is 2.77. The van der Waals surface area contributed by atoms with Crippen LogP contribution >= 0.6 is 0 Å². The van der Waals surface area contributed by atoms with Crippen LogP contribution in [0.2, 0.25) is 0 Å². The maximum atomic E-state index is 8.34. The van der Waals surface area contributed by atoms with Crippen LogP contribution in [0.15, 0.2) is 42.0 Å². The molecule has 0 aromatic heterocycles. The number of hydrogen-bond donors (Lipinski definition) is 0. The van der Waals surface area contributed by atoms with Crippen molar-refractivity contribution in [1.29, 1.82) is 0 Å². The number of rotatable bonds is 6. The van der Waals surface area contributed by atoms with Gasteiger partial charge in [0.1, 0.15) is 12.4 Å². The Bertz CT molecular complexity index is 397. The Labute approximate surface area is 95.2 Å². The molecule has 1 rings (SSSR count). The van der Waals surface area contributed by atoms with E-state index in [1.807, 2.05) is 31.2 Å². The van der Waals surface area contributed by atoms with Crippen molar-refractivity contribution in [3.05, 3.63) is 52.9 Å². The Morgan fingerprint density at radius 2 is 2.31 bits per heavy atom. The Morgan fingerprint density at radius 3 is 3.00 bits per heavy atom. The Morgan fingerprint density at radius 1 is 1.56 bits per heavy atom. The molecule has 1 atom stereocenters. The summed E-state index contributed by atoms with van der Waals surface area (Å²) < 4.78 is 5.51. The van der Waals surface area contributed by atoms with E-state index >= 15 is 0 Å². The summed E-state index contributed by atoms with van der Waals surface area (Å²) in [4.78, 5) is 2.79. The smallest absolute Gasteiger partial charge is 0.122 e. The van der Waals surface area contributed by atoms with Crippen molar-refractivity contribution >= 4 is 0 Å². The van der Waals surface area contributed by atoms with Gasteiger partial charge in [0.25, 0.3) is 0 Å². The lowest BCUT2D eigenvalue weighted by Crippen LogP contribution is -2.04. The van der Waals surface area contributed by atoms with Crippen LogP contribution in [0.5, 0.6) is 5.75 Å². The minimum atomic E-state index is -0.0709. The van der Waals surface area contributed by atoms with Crippen LogP contribution in [0.4, 0.5) is 0 Å². The highest BCUT2D eigenvalue weighted by Gasteiger charge is 2.06. The summed E-state index contributed by atoms with van der Waals surface area (Å²) in [6.45, 7) is 5.96. The van der Waals surface area contributed by atoms with E-state index in [-0.39, 0.29) is 6.04 Å². The third-order valence-electron chi connectivity index (χ3n) is 2.09. The molecule has 0 amide bonds. The summed E-state index contributed by atoms with van der Waals surface area (Å²) in [5.41, 5.74) is 9.38. The quantitative estimate of drug-likeness (QED) is 0.311. The maximum Gasteiger partial charge on any atom is 0.122 e. The fourth-order valence-electron chi connectivity index (χ4n) is 1.41. The highest BCUT2D eigenvalue weighted by atomic mass is 16.5. The normalized spacial score (nSPS) is 11.3. The van der Waals surface area contributed by atoms with Crippen LogP contribution in [0.1, 0.15) is 12.5 Å². The lowest BCUT2D eigenvalue weighted by molar-refractivity contribution is 0.358. The molecular formula is C12H15N3O. The van der Waals surface area contributed by atoms with Crippen molar-refractivity contribution in [2.24, 2.45) is 5.11 Å². The van der Waals surface area contributed by atoms with Gasteiger partial charge < -0.3 is 4.74 Å². The third-order valence-corrected chi connectivity index (χ3v) is 2.09. The van der Waals surface area contributed by atoms with Gasteiger partial charge in [-0.05, 0) is 23.6 Å². The average Bonchev–Trinajstić information content (AvgIpc) is 2.28. The SMILES string of the molecule is C=CCOc1ccccc1CC(C)N=[N+]=[N-]. The van der Waals surface area contributed by atoms with Crippen molar-refractivity contribution < 1.29 is 4.74 Å². The van der Waals surface area contributed by atoms with Gasteiger partial charge in [0, 0.05) is 11.0 Å². The van der Waals surface area contributed by atoms with Gasteiger partial charge in [0.15, 0.2) is 0 Å². The van der Waals surface area contributed by atoms with E-state index < -0.39 is 0 Å². The monoisotopic (exact) mass is 217 g/mol. The first-order valence-electron chi connectivity index (χ1n) is 5.13. The first kappa shape index (κ1) is 12.1. The molecule has 0 spiro atoms. The molecule has 4 heteroatoms. The molecule has 0 aliphatic carbocycles. The summed E-state index contributed by atoms with van der Waals surface area (Å²) in [6, 6.07) is 7.67. The van der Waals surface area contributed by atoms with E-state index in [1.54, 1.807) is 6.08 Å². The number of ether oxygens (including phenoxy) is 1. The van der Waals surface area contributed by atoms with Gasteiger partial charge in [0.05, 0.1) is 0 Å². The fourth-order valence-corrected chi connectivity index (χ4v) is 1.41. The highest BCUT2D eigenvalue weighted by Crippen LogP contribution is 2.20. The van der Waals surface area contributed by atoms with Crippen molar-refractivity contribution in [2.75, 3.05) is 6.61 Å². The minimum Gasteiger partial charge on any atom is -0.489 e. The summed E-state index contributed by atoms with van der Waals surface area (Å²) in [5.74, 6) is 0.822. The second kappa shape index (κ2) is 6.53. The van der Waals surface area contributed by atoms with E-state index in [4.69, 9.17) is 10.3 Å². The van der Waals surface area contributed by atoms with Crippen molar-refractivity contribution in [3.8, 4) is 5.75 Å². The van der Waals surface area contributed by atoms with Crippen LogP contribution in [0.25, 0.3) is 10.4 Å². The maximum absolute atomic E-state index is 8.34. The molecule has 0 saturated carbocycles. The van der Waals surface area contributed by atoms with E-state index in [0.717, 1.165) is 11.3 Å². The number of hydrogen-bond acceptors (Lipinski definition) is 2. The second-order valence-corrected chi connectivity index (χ2v) is 3.47. The molecule has 0 bridgehead atoms. The largest absolute Gasteiger partial charge is 0.489 e. The van der Waals surface area contributed by atoms with Gasteiger partial charge in [0.2, 0.25) is 0 Å². The first-order chi connectivity index (χ1) is 7.77. The van der Waals surface area contributed by atoms with Crippen molar-refractivity contribution in [2.45, 2.75) is 19.4 Å². The lowest BCUT2D eigenvalue weighted by atomic mass is 10.1.